The van der Waals surface area contributed by atoms with Gasteiger partial charge in [-0.2, -0.15) is 0 Å². The van der Waals surface area contributed by atoms with Crippen LogP contribution in [0.3, 0.4) is 0 Å². The Morgan fingerprint density at radius 1 is 1.30 bits per heavy atom. The first-order valence-corrected chi connectivity index (χ1v) is 6.68. The maximum Gasteiger partial charge on any atom is 0.307 e. The standard InChI is InChI=1S/C15H18N2O3/c1-10(13-8-4-5-9-16-13)17-14(18)11-6-2-3-7-12(11)15(19)20/h2-5,8-12H,6-7H2,1H3,(H,17,18)(H,19,20)/t10-,11-,12+/m1/s1. The second-order valence-electron chi connectivity index (χ2n) is 4.98. The summed E-state index contributed by atoms with van der Waals surface area (Å²) in [6, 6.07) is 5.27. The second kappa shape index (κ2) is 6.32. The number of carbonyl (C=O) groups excluding carboxylic acids is 1. The fraction of sp³-hybridized carbons (Fsp3) is 0.400. The smallest absolute Gasteiger partial charge is 0.307 e. The number of amides is 1. The maximum absolute atomic E-state index is 12.3. The van der Waals surface area contributed by atoms with Crippen molar-refractivity contribution in [3.63, 3.8) is 0 Å². The first kappa shape index (κ1) is 14.2. The molecule has 0 aromatic carbocycles. The van der Waals surface area contributed by atoms with Crippen LogP contribution in [-0.4, -0.2) is 22.0 Å². The van der Waals surface area contributed by atoms with Crippen molar-refractivity contribution < 1.29 is 14.7 Å². The summed E-state index contributed by atoms with van der Waals surface area (Å²) < 4.78 is 0. The lowest BCUT2D eigenvalue weighted by Gasteiger charge is -2.25. The van der Waals surface area contributed by atoms with Crippen LogP contribution in [0.2, 0.25) is 0 Å². The molecule has 0 aliphatic heterocycles. The van der Waals surface area contributed by atoms with E-state index in [1.807, 2.05) is 37.3 Å². The number of nitrogens with one attached hydrogen (secondary N) is 1. The molecule has 1 heterocycles. The van der Waals surface area contributed by atoms with Gasteiger partial charge < -0.3 is 10.4 Å². The molecule has 5 nitrogen and oxygen atoms in total. The van der Waals surface area contributed by atoms with E-state index in [4.69, 9.17) is 0 Å². The molecule has 0 unspecified atom stereocenters. The van der Waals surface area contributed by atoms with E-state index < -0.39 is 17.8 Å². The van der Waals surface area contributed by atoms with Gasteiger partial charge in [-0.25, -0.2) is 0 Å². The van der Waals surface area contributed by atoms with Crippen LogP contribution in [0.1, 0.15) is 31.5 Å². The minimum absolute atomic E-state index is 0.222. The maximum atomic E-state index is 12.3. The Kier molecular flexibility index (Phi) is 4.50. The summed E-state index contributed by atoms with van der Waals surface area (Å²) in [6.45, 7) is 1.84. The zero-order chi connectivity index (χ0) is 14.5. The molecular weight excluding hydrogens is 256 g/mol. The summed E-state index contributed by atoms with van der Waals surface area (Å²) >= 11 is 0. The van der Waals surface area contributed by atoms with Gasteiger partial charge in [0.05, 0.1) is 23.6 Å². The molecule has 0 radical (unpaired) electrons. The van der Waals surface area contributed by atoms with Gasteiger partial charge in [0.25, 0.3) is 0 Å². The number of aliphatic carboxylic acids is 1. The first-order chi connectivity index (χ1) is 9.59. The van der Waals surface area contributed by atoms with E-state index in [2.05, 4.69) is 10.3 Å². The van der Waals surface area contributed by atoms with E-state index >= 15 is 0 Å². The van der Waals surface area contributed by atoms with Gasteiger partial charge in [-0.15, -0.1) is 0 Å². The molecule has 2 N–H and O–H groups in total. The summed E-state index contributed by atoms with van der Waals surface area (Å²) in [6.07, 6.45) is 6.24. The Balaban J connectivity index is 2.04. The predicted molar refractivity (Wildman–Crippen MR) is 73.8 cm³/mol. The molecule has 0 saturated carbocycles. The molecule has 0 spiro atoms. The van der Waals surface area contributed by atoms with E-state index in [1.54, 1.807) is 6.20 Å². The number of pyridine rings is 1. The second-order valence-corrected chi connectivity index (χ2v) is 4.98. The van der Waals surface area contributed by atoms with Crippen molar-refractivity contribution in [2.45, 2.75) is 25.8 Å². The topological polar surface area (TPSA) is 79.3 Å². The number of allylic oxidation sites excluding steroid dienone is 2. The summed E-state index contributed by atoms with van der Waals surface area (Å²) in [5.41, 5.74) is 0.763. The summed E-state index contributed by atoms with van der Waals surface area (Å²) in [7, 11) is 0. The van der Waals surface area contributed by atoms with E-state index in [0.717, 1.165) is 5.69 Å². The SMILES string of the molecule is C[C@@H](NC(=O)[C@@H]1CC=CC[C@@H]1C(=O)O)c1ccccn1. The van der Waals surface area contributed by atoms with Crippen molar-refractivity contribution >= 4 is 11.9 Å². The number of carboxylic acid groups (broad SMARTS) is 1. The molecule has 5 heteroatoms. The molecule has 0 bridgehead atoms. The number of carboxylic acids is 1. The lowest BCUT2D eigenvalue weighted by molar-refractivity contribution is -0.147. The Morgan fingerprint density at radius 3 is 2.60 bits per heavy atom. The number of nitrogens with zero attached hydrogens (tertiary/aromatic N) is 1. The largest absolute Gasteiger partial charge is 0.481 e. The quantitative estimate of drug-likeness (QED) is 0.822. The molecule has 106 valence electrons. The monoisotopic (exact) mass is 274 g/mol. The summed E-state index contributed by atoms with van der Waals surface area (Å²) in [4.78, 5) is 27.6. The van der Waals surface area contributed by atoms with Crippen molar-refractivity contribution in [3.05, 3.63) is 42.2 Å². The van der Waals surface area contributed by atoms with Crippen molar-refractivity contribution in [1.82, 2.24) is 10.3 Å². The number of aromatic nitrogens is 1. The predicted octanol–water partition coefficient (Wildman–Crippen LogP) is 1.93. The number of carbonyl (C=O) groups is 2. The normalized spacial score (nSPS) is 23.1. The molecule has 1 aliphatic rings. The molecule has 20 heavy (non-hydrogen) atoms. The van der Waals surface area contributed by atoms with Crippen LogP contribution in [0.4, 0.5) is 0 Å². The van der Waals surface area contributed by atoms with Crippen LogP contribution in [0, 0.1) is 11.8 Å². The Labute approximate surface area is 117 Å². The third-order valence-electron chi connectivity index (χ3n) is 3.58. The molecule has 1 aromatic rings. The number of hydrogen-bond donors (Lipinski definition) is 2. The fourth-order valence-electron chi connectivity index (χ4n) is 2.40. The van der Waals surface area contributed by atoms with Crippen molar-refractivity contribution in [2.24, 2.45) is 11.8 Å². The zero-order valence-corrected chi connectivity index (χ0v) is 11.3. The third kappa shape index (κ3) is 3.23. The van der Waals surface area contributed by atoms with Gasteiger partial charge in [0.15, 0.2) is 0 Å². The number of hydrogen-bond acceptors (Lipinski definition) is 3. The highest BCUT2D eigenvalue weighted by Gasteiger charge is 2.34. The third-order valence-corrected chi connectivity index (χ3v) is 3.58. The fourth-order valence-corrected chi connectivity index (χ4v) is 2.40. The molecule has 3 atom stereocenters. The van der Waals surface area contributed by atoms with E-state index in [-0.39, 0.29) is 11.9 Å². The lowest BCUT2D eigenvalue weighted by atomic mass is 9.82. The lowest BCUT2D eigenvalue weighted by Crippen LogP contribution is -2.39. The van der Waals surface area contributed by atoms with Crippen LogP contribution in [0.5, 0.6) is 0 Å². The van der Waals surface area contributed by atoms with Crippen LogP contribution in [0.15, 0.2) is 36.5 Å². The van der Waals surface area contributed by atoms with Crippen LogP contribution in [-0.2, 0) is 9.59 Å². The minimum Gasteiger partial charge on any atom is -0.481 e. The molecule has 1 aliphatic carbocycles. The average Bonchev–Trinajstić information content (AvgIpc) is 2.48. The Morgan fingerprint density at radius 2 is 2.00 bits per heavy atom. The van der Waals surface area contributed by atoms with Gasteiger partial charge >= 0.3 is 5.97 Å². The molecule has 1 aromatic heterocycles. The van der Waals surface area contributed by atoms with Crippen LogP contribution >= 0.6 is 0 Å². The number of rotatable bonds is 4. The average molecular weight is 274 g/mol. The minimum atomic E-state index is -0.917. The van der Waals surface area contributed by atoms with Gasteiger partial charge in [0, 0.05) is 6.20 Å². The van der Waals surface area contributed by atoms with Gasteiger partial charge in [-0.3, -0.25) is 14.6 Å². The molecular formula is C15H18N2O3. The molecule has 2 rings (SSSR count). The molecule has 1 amide bonds. The van der Waals surface area contributed by atoms with E-state index in [1.165, 1.54) is 0 Å². The van der Waals surface area contributed by atoms with Gasteiger partial charge in [0.2, 0.25) is 5.91 Å². The van der Waals surface area contributed by atoms with Crippen molar-refractivity contribution in [1.29, 1.82) is 0 Å². The van der Waals surface area contributed by atoms with Crippen LogP contribution < -0.4 is 5.32 Å². The summed E-state index contributed by atoms with van der Waals surface area (Å²) in [5, 5.41) is 12.0. The zero-order valence-electron chi connectivity index (χ0n) is 11.3. The summed E-state index contributed by atoms with van der Waals surface area (Å²) in [5.74, 6) is -2.29. The van der Waals surface area contributed by atoms with Crippen molar-refractivity contribution in [3.8, 4) is 0 Å². The van der Waals surface area contributed by atoms with Gasteiger partial charge in [0.1, 0.15) is 0 Å². The Bertz CT molecular complexity index is 513. The van der Waals surface area contributed by atoms with Gasteiger partial charge in [-0.05, 0) is 31.9 Å². The molecule has 0 saturated heterocycles. The van der Waals surface area contributed by atoms with E-state index in [0.29, 0.717) is 12.8 Å². The highest BCUT2D eigenvalue weighted by Crippen LogP contribution is 2.26. The molecule has 0 fully saturated rings. The van der Waals surface area contributed by atoms with Gasteiger partial charge in [-0.1, -0.05) is 18.2 Å². The Hall–Kier alpha value is -2.17. The first-order valence-electron chi connectivity index (χ1n) is 6.68. The van der Waals surface area contributed by atoms with Crippen molar-refractivity contribution in [2.75, 3.05) is 0 Å². The van der Waals surface area contributed by atoms with E-state index in [9.17, 15) is 14.7 Å². The highest BCUT2D eigenvalue weighted by molar-refractivity contribution is 5.85. The van der Waals surface area contributed by atoms with Crippen LogP contribution in [0.25, 0.3) is 0 Å². The highest BCUT2D eigenvalue weighted by atomic mass is 16.4.